The molecule has 0 bridgehead atoms. The molecule has 1 atom stereocenters. The first kappa shape index (κ1) is 18.3. The Morgan fingerprint density at radius 1 is 1.14 bits per heavy atom. The Kier molecular flexibility index (Phi) is 5.14. The van der Waals surface area contributed by atoms with E-state index in [1.807, 2.05) is 36.4 Å². The van der Waals surface area contributed by atoms with Crippen LogP contribution in [-0.2, 0) is 0 Å². The van der Waals surface area contributed by atoms with Crippen LogP contribution < -0.4 is 24.4 Å². The van der Waals surface area contributed by atoms with E-state index in [0.29, 0.717) is 36.9 Å². The van der Waals surface area contributed by atoms with Crippen molar-refractivity contribution in [2.24, 2.45) is 0 Å². The van der Waals surface area contributed by atoms with Crippen LogP contribution in [0, 0.1) is 0 Å². The number of carbonyl (C=O) groups is 1. The van der Waals surface area contributed by atoms with Crippen LogP contribution in [0.2, 0.25) is 0 Å². The second-order valence-corrected chi connectivity index (χ2v) is 6.89. The van der Waals surface area contributed by atoms with Crippen LogP contribution in [0.4, 0.5) is 16.2 Å². The van der Waals surface area contributed by atoms with Crippen LogP contribution in [0.25, 0.3) is 0 Å². The van der Waals surface area contributed by atoms with Gasteiger partial charge in [-0.15, -0.1) is 0 Å². The topological polar surface area (TPSA) is 63.3 Å². The molecule has 0 saturated heterocycles. The van der Waals surface area contributed by atoms with Crippen LogP contribution in [0.5, 0.6) is 17.2 Å². The van der Waals surface area contributed by atoms with Gasteiger partial charge >= 0.3 is 6.03 Å². The number of likely N-dealkylation sites (N-methyl/N-ethyl adjacent to an activating group) is 2. The second kappa shape index (κ2) is 7.88. The highest BCUT2D eigenvalue weighted by Gasteiger charge is 2.27. The normalized spacial score (nSPS) is 17.4. The predicted molar refractivity (Wildman–Crippen MR) is 108 cm³/mol. The summed E-state index contributed by atoms with van der Waals surface area (Å²) in [4.78, 5) is 16.6. The number of urea groups is 1. The van der Waals surface area contributed by atoms with E-state index in [1.165, 1.54) is 0 Å². The summed E-state index contributed by atoms with van der Waals surface area (Å²) in [5, 5.41) is 2.92. The van der Waals surface area contributed by atoms with Gasteiger partial charge in [0.1, 0.15) is 25.1 Å². The molecule has 2 aliphatic rings. The maximum atomic E-state index is 12.7. The summed E-state index contributed by atoms with van der Waals surface area (Å²) in [5.74, 6) is 2.09. The lowest BCUT2D eigenvalue weighted by molar-refractivity contribution is 0.150. The zero-order chi connectivity index (χ0) is 19.5. The molecular formula is C21H25N3O4. The minimum Gasteiger partial charge on any atom is -0.486 e. The van der Waals surface area contributed by atoms with Crippen molar-refractivity contribution >= 4 is 17.4 Å². The number of benzene rings is 2. The fourth-order valence-electron chi connectivity index (χ4n) is 3.54. The molecular weight excluding hydrogens is 358 g/mol. The van der Waals surface area contributed by atoms with Crippen LogP contribution >= 0.6 is 0 Å². The Hall–Kier alpha value is -3.09. The number of amides is 2. The summed E-state index contributed by atoms with van der Waals surface area (Å²) in [7, 11) is 1.77. The molecule has 2 aliphatic heterocycles. The van der Waals surface area contributed by atoms with Gasteiger partial charge in [0.2, 0.25) is 0 Å². The summed E-state index contributed by atoms with van der Waals surface area (Å²) in [5.41, 5.74) is 1.71. The van der Waals surface area contributed by atoms with Gasteiger partial charge in [-0.05, 0) is 31.2 Å². The Bertz CT molecular complexity index is 857. The molecule has 2 aromatic carbocycles. The van der Waals surface area contributed by atoms with Crippen LogP contribution in [-0.4, -0.2) is 56.9 Å². The van der Waals surface area contributed by atoms with E-state index in [2.05, 4.69) is 23.2 Å². The van der Waals surface area contributed by atoms with Crippen molar-refractivity contribution in [2.45, 2.75) is 13.0 Å². The van der Waals surface area contributed by atoms with Crippen LogP contribution in [0.3, 0.4) is 0 Å². The average Bonchev–Trinajstić information content (AvgIpc) is 2.73. The highest BCUT2D eigenvalue weighted by Crippen LogP contribution is 2.37. The molecule has 0 aromatic heterocycles. The number of fused-ring (bicyclic) bond motifs is 2. The first-order valence-corrected chi connectivity index (χ1v) is 9.57. The molecule has 7 heteroatoms. The van der Waals surface area contributed by atoms with Crippen molar-refractivity contribution in [2.75, 3.05) is 50.1 Å². The van der Waals surface area contributed by atoms with Gasteiger partial charge in [-0.25, -0.2) is 4.79 Å². The van der Waals surface area contributed by atoms with E-state index in [0.717, 1.165) is 24.5 Å². The molecule has 0 fully saturated rings. The smallest absolute Gasteiger partial charge is 0.321 e. The number of ether oxygens (including phenoxy) is 3. The van der Waals surface area contributed by atoms with Crippen molar-refractivity contribution in [3.05, 3.63) is 42.5 Å². The number of nitrogens with one attached hydrogen (secondary N) is 1. The van der Waals surface area contributed by atoms with E-state index in [9.17, 15) is 4.79 Å². The number of anilines is 2. The fraction of sp³-hybridized carbons (Fsp3) is 0.381. The minimum atomic E-state index is -0.215. The number of hydrogen-bond donors (Lipinski definition) is 1. The van der Waals surface area contributed by atoms with Crippen LogP contribution in [0.15, 0.2) is 42.5 Å². The third kappa shape index (κ3) is 3.65. The largest absolute Gasteiger partial charge is 0.486 e. The SMILES string of the molecule is CCN1CC(CN(C)C(=O)Nc2cccc3c2OCCO3)Oc2ccccc21. The zero-order valence-corrected chi connectivity index (χ0v) is 16.2. The maximum Gasteiger partial charge on any atom is 0.321 e. The zero-order valence-electron chi connectivity index (χ0n) is 16.2. The van der Waals surface area contributed by atoms with E-state index < -0.39 is 0 Å². The Morgan fingerprint density at radius 3 is 2.79 bits per heavy atom. The third-order valence-electron chi connectivity index (χ3n) is 4.94. The van der Waals surface area contributed by atoms with E-state index >= 15 is 0 Å². The molecule has 0 radical (unpaired) electrons. The molecule has 4 rings (SSSR count). The first-order valence-electron chi connectivity index (χ1n) is 9.57. The lowest BCUT2D eigenvalue weighted by Crippen LogP contribution is -2.47. The lowest BCUT2D eigenvalue weighted by Gasteiger charge is -2.37. The Labute approximate surface area is 164 Å². The number of carbonyl (C=O) groups excluding carboxylic acids is 1. The molecule has 148 valence electrons. The molecule has 7 nitrogen and oxygen atoms in total. The molecule has 0 spiro atoms. The molecule has 0 saturated carbocycles. The monoisotopic (exact) mass is 383 g/mol. The van der Waals surface area contributed by atoms with Crippen LogP contribution in [0.1, 0.15) is 6.92 Å². The summed E-state index contributed by atoms with van der Waals surface area (Å²) in [6.07, 6.45) is -0.102. The van der Waals surface area contributed by atoms with Gasteiger partial charge in [-0.1, -0.05) is 18.2 Å². The lowest BCUT2D eigenvalue weighted by atomic mass is 10.2. The number of rotatable bonds is 4. The molecule has 0 aliphatic carbocycles. The van der Waals surface area contributed by atoms with Crippen molar-refractivity contribution in [3.8, 4) is 17.2 Å². The standard InChI is InChI=1S/C21H25N3O4/c1-3-24-14-15(28-18-9-5-4-8-17(18)24)13-23(2)21(25)22-16-7-6-10-19-20(16)27-12-11-26-19/h4-10,15H,3,11-14H2,1-2H3,(H,22,25). The van der Waals surface area contributed by atoms with E-state index in [-0.39, 0.29) is 12.1 Å². The Balaban J connectivity index is 1.42. The first-order chi connectivity index (χ1) is 13.7. The predicted octanol–water partition coefficient (Wildman–Crippen LogP) is 3.21. The summed E-state index contributed by atoms with van der Waals surface area (Å²) >= 11 is 0. The summed E-state index contributed by atoms with van der Waals surface area (Å²) in [6, 6.07) is 13.3. The third-order valence-corrected chi connectivity index (χ3v) is 4.94. The molecule has 2 aromatic rings. The van der Waals surface area contributed by atoms with Gasteiger partial charge in [0.05, 0.1) is 24.5 Å². The van der Waals surface area contributed by atoms with Crippen molar-refractivity contribution in [3.63, 3.8) is 0 Å². The highest BCUT2D eigenvalue weighted by atomic mass is 16.6. The van der Waals surface area contributed by atoms with Crippen molar-refractivity contribution in [1.82, 2.24) is 4.90 Å². The van der Waals surface area contributed by atoms with Crippen molar-refractivity contribution < 1.29 is 19.0 Å². The van der Waals surface area contributed by atoms with Gasteiger partial charge in [0.15, 0.2) is 11.5 Å². The molecule has 1 N–H and O–H groups in total. The number of nitrogens with zero attached hydrogens (tertiary/aromatic N) is 2. The quantitative estimate of drug-likeness (QED) is 0.878. The second-order valence-electron chi connectivity index (χ2n) is 6.89. The average molecular weight is 383 g/mol. The van der Waals surface area contributed by atoms with Gasteiger partial charge < -0.3 is 29.3 Å². The molecule has 1 unspecified atom stereocenters. The Morgan fingerprint density at radius 2 is 1.93 bits per heavy atom. The molecule has 2 amide bonds. The minimum absolute atomic E-state index is 0.102. The van der Waals surface area contributed by atoms with E-state index in [4.69, 9.17) is 14.2 Å². The van der Waals surface area contributed by atoms with Gasteiger partial charge in [0.25, 0.3) is 0 Å². The van der Waals surface area contributed by atoms with Gasteiger partial charge in [-0.3, -0.25) is 0 Å². The maximum absolute atomic E-state index is 12.7. The fourth-order valence-corrected chi connectivity index (χ4v) is 3.54. The summed E-state index contributed by atoms with van der Waals surface area (Å²) in [6.45, 7) is 5.21. The number of hydrogen-bond acceptors (Lipinski definition) is 5. The molecule has 28 heavy (non-hydrogen) atoms. The molecule has 2 heterocycles. The summed E-state index contributed by atoms with van der Waals surface area (Å²) < 4.78 is 17.4. The van der Waals surface area contributed by atoms with Crippen molar-refractivity contribution in [1.29, 1.82) is 0 Å². The van der Waals surface area contributed by atoms with E-state index in [1.54, 1.807) is 11.9 Å². The highest BCUT2D eigenvalue weighted by molar-refractivity contribution is 5.91. The van der Waals surface area contributed by atoms with Gasteiger partial charge in [-0.2, -0.15) is 0 Å². The van der Waals surface area contributed by atoms with Gasteiger partial charge in [0, 0.05) is 13.6 Å². The number of para-hydroxylation sites is 3.